The van der Waals surface area contributed by atoms with Crippen LogP contribution in [0.5, 0.6) is 0 Å². The summed E-state index contributed by atoms with van der Waals surface area (Å²) < 4.78 is 1.95. The molecular weight excluding hydrogens is 225 g/mol. The Balaban J connectivity index is 4.23. The molecular formula is C4H12Cl3NSi2. The van der Waals surface area contributed by atoms with E-state index >= 15 is 0 Å². The lowest BCUT2D eigenvalue weighted by atomic mass is 11.6. The van der Waals surface area contributed by atoms with Crippen LogP contribution in [-0.4, -0.2) is 25.7 Å². The minimum absolute atomic E-state index is 1.40. The van der Waals surface area contributed by atoms with Crippen LogP contribution in [0.25, 0.3) is 0 Å². The van der Waals surface area contributed by atoms with Crippen LogP contribution in [0.2, 0.25) is 19.6 Å². The lowest BCUT2D eigenvalue weighted by Gasteiger charge is -2.33. The maximum absolute atomic E-state index is 5.80. The van der Waals surface area contributed by atoms with E-state index in [0.717, 1.165) is 0 Å². The molecule has 0 spiro atoms. The molecule has 1 nitrogen and oxygen atoms in total. The summed E-state index contributed by atoms with van der Waals surface area (Å²) in [5.41, 5.74) is 0. The third-order valence-corrected chi connectivity index (χ3v) is 10.7. The summed E-state index contributed by atoms with van der Waals surface area (Å²) in [5, 5.41) is 0. The van der Waals surface area contributed by atoms with E-state index in [1.54, 1.807) is 0 Å². The van der Waals surface area contributed by atoms with E-state index in [2.05, 4.69) is 19.6 Å². The SMILES string of the molecule is CN([Si](C)(C)C)[Si](Cl)(Cl)Cl. The Morgan fingerprint density at radius 1 is 1.00 bits per heavy atom. The van der Waals surface area contributed by atoms with Gasteiger partial charge in [-0.05, 0) is 7.05 Å². The number of nitrogens with zero attached hydrogens (tertiary/aromatic N) is 1. The number of halogens is 3. The van der Waals surface area contributed by atoms with Crippen molar-refractivity contribution < 1.29 is 0 Å². The average molecular weight is 237 g/mol. The number of hydrogen-bond acceptors (Lipinski definition) is 1. The molecule has 0 fully saturated rings. The molecule has 0 atom stereocenters. The van der Waals surface area contributed by atoms with Crippen molar-refractivity contribution in [2.24, 2.45) is 0 Å². The molecule has 62 valence electrons. The molecule has 0 aliphatic heterocycles. The van der Waals surface area contributed by atoms with E-state index in [1.165, 1.54) is 0 Å². The maximum Gasteiger partial charge on any atom is 0.417 e. The van der Waals surface area contributed by atoms with Gasteiger partial charge < -0.3 is 4.23 Å². The molecule has 0 amide bonds. The van der Waals surface area contributed by atoms with E-state index in [-0.39, 0.29) is 0 Å². The second-order valence-electron chi connectivity index (χ2n) is 3.20. The predicted molar refractivity (Wildman–Crippen MR) is 54.4 cm³/mol. The van der Waals surface area contributed by atoms with Crippen LogP contribution in [0.15, 0.2) is 0 Å². The van der Waals surface area contributed by atoms with Gasteiger partial charge in [0.05, 0.1) is 0 Å². The minimum Gasteiger partial charge on any atom is -0.313 e. The molecule has 6 heteroatoms. The fourth-order valence-corrected chi connectivity index (χ4v) is 10.3. The van der Waals surface area contributed by atoms with Crippen LogP contribution >= 0.6 is 33.2 Å². The molecule has 0 bridgehead atoms. The first-order valence-electron chi connectivity index (χ1n) is 2.96. The van der Waals surface area contributed by atoms with Gasteiger partial charge in [-0.1, -0.05) is 19.6 Å². The second kappa shape index (κ2) is 3.33. The molecule has 0 N–H and O–H groups in total. The standard InChI is InChI=1S/C4H12Cl3NSi2/c1-8(9(2,3)4)10(5,6)7/h1-4H3. The quantitative estimate of drug-likeness (QED) is 0.526. The largest absolute Gasteiger partial charge is 0.417 e. The molecule has 0 aliphatic rings. The first-order chi connectivity index (χ1) is 4.15. The van der Waals surface area contributed by atoms with Crippen molar-refractivity contribution in [2.75, 3.05) is 7.05 Å². The fourth-order valence-electron chi connectivity index (χ4n) is 0.380. The normalized spacial score (nSPS) is 14.4. The van der Waals surface area contributed by atoms with Crippen molar-refractivity contribution in [3.8, 4) is 0 Å². The van der Waals surface area contributed by atoms with E-state index in [9.17, 15) is 0 Å². The van der Waals surface area contributed by atoms with Crippen LogP contribution in [0.3, 0.4) is 0 Å². The van der Waals surface area contributed by atoms with Gasteiger partial charge in [0.25, 0.3) is 0 Å². The van der Waals surface area contributed by atoms with E-state index in [1.807, 2.05) is 11.3 Å². The lowest BCUT2D eigenvalue weighted by molar-refractivity contribution is 0.801. The topological polar surface area (TPSA) is 3.24 Å². The van der Waals surface area contributed by atoms with Crippen LogP contribution in [-0.2, 0) is 0 Å². The minimum atomic E-state index is -2.58. The summed E-state index contributed by atoms with van der Waals surface area (Å²) in [5.74, 6) is 0. The molecule has 0 aliphatic carbocycles. The summed E-state index contributed by atoms with van der Waals surface area (Å²) >= 11 is 17.4. The first-order valence-corrected chi connectivity index (χ1v) is 11.4. The third kappa shape index (κ3) is 3.60. The maximum atomic E-state index is 5.80. The van der Waals surface area contributed by atoms with Gasteiger partial charge in [-0.3, -0.25) is 0 Å². The molecule has 0 saturated carbocycles. The first kappa shape index (κ1) is 11.3. The Kier molecular flexibility index (Phi) is 3.75. The van der Waals surface area contributed by atoms with Gasteiger partial charge >= 0.3 is 6.16 Å². The molecule has 0 radical (unpaired) electrons. The zero-order valence-electron chi connectivity index (χ0n) is 6.58. The zero-order valence-corrected chi connectivity index (χ0v) is 10.8. The van der Waals surface area contributed by atoms with Crippen LogP contribution in [0.1, 0.15) is 0 Å². The van der Waals surface area contributed by atoms with Crippen molar-refractivity contribution in [3.05, 3.63) is 0 Å². The van der Waals surface area contributed by atoms with Gasteiger partial charge in [0.1, 0.15) is 8.24 Å². The second-order valence-corrected chi connectivity index (χ2v) is 16.9. The molecule has 0 aromatic heterocycles. The Morgan fingerprint density at radius 2 is 1.30 bits per heavy atom. The van der Waals surface area contributed by atoms with Gasteiger partial charge in [-0.2, -0.15) is 0 Å². The van der Waals surface area contributed by atoms with Crippen molar-refractivity contribution in [2.45, 2.75) is 19.6 Å². The van der Waals surface area contributed by atoms with Crippen LogP contribution in [0.4, 0.5) is 0 Å². The molecule has 0 rings (SSSR count). The van der Waals surface area contributed by atoms with E-state index < -0.39 is 14.4 Å². The van der Waals surface area contributed by atoms with E-state index in [0.29, 0.717) is 0 Å². The molecule has 0 heterocycles. The summed E-state index contributed by atoms with van der Waals surface area (Å²) in [4.78, 5) is 0. The average Bonchev–Trinajstić information content (AvgIpc) is 1.59. The summed E-state index contributed by atoms with van der Waals surface area (Å²) in [7, 11) is 0.497. The predicted octanol–water partition coefficient (Wildman–Crippen LogP) is 2.91. The Hall–Kier alpha value is 1.26. The third-order valence-electron chi connectivity index (χ3n) is 1.39. The molecule has 10 heavy (non-hydrogen) atoms. The summed E-state index contributed by atoms with van der Waals surface area (Å²) in [6.45, 7) is 6.46. The van der Waals surface area contributed by atoms with Crippen molar-refractivity contribution in [1.82, 2.24) is 4.23 Å². The smallest absolute Gasteiger partial charge is 0.313 e. The highest BCUT2D eigenvalue weighted by Gasteiger charge is 2.39. The Labute approximate surface area is 78.5 Å². The van der Waals surface area contributed by atoms with Crippen molar-refractivity contribution in [3.63, 3.8) is 0 Å². The highest BCUT2D eigenvalue weighted by atomic mass is 35.8. The molecule has 0 saturated heterocycles. The monoisotopic (exact) mass is 235 g/mol. The molecule has 0 aromatic carbocycles. The van der Waals surface area contributed by atoms with E-state index in [4.69, 9.17) is 33.2 Å². The Morgan fingerprint density at radius 3 is 1.30 bits per heavy atom. The van der Waals surface area contributed by atoms with Crippen molar-refractivity contribution in [1.29, 1.82) is 0 Å². The van der Waals surface area contributed by atoms with Crippen LogP contribution in [0, 0.1) is 0 Å². The van der Waals surface area contributed by atoms with Gasteiger partial charge in [0, 0.05) is 0 Å². The fraction of sp³-hybridized carbons (Fsp3) is 1.00. The highest BCUT2D eigenvalue weighted by Crippen LogP contribution is 2.27. The molecule has 0 unspecified atom stereocenters. The molecule has 0 aromatic rings. The van der Waals surface area contributed by atoms with Crippen LogP contribution < -0.4 is 0 Å². The van der Waals surface area contributed by atoms with Crippen molar-refractivity contribution >= 4 is 47.6 Å². The van der Waals surface area contributed by atoms with Gasteiger partial charge in [0.2, 0.25) is 0 Å². The Bertz CT molecular complexity index is 103. The number of rotatable bonds is 2. The highest BCUT2D eigenvalue weighted by molar-refractivity contribution is 7.64. The summed E-state index contributed by atoms with van der Waals surface area (Å²) in [6.07, 6.45) is -2.58. The number of hydrogen-bond donors (Lipinski definition) is 0. The van der Waals surface area contributed by atoms with Gasteiger partial charge in [0.15, 0.2) is 0 Å². The lowest BCUT2D eigenvalue weighted by Crippen LogP contribution is -2.52. The van der Waals surface area contributed by atoms with Gasteiger partial charge in [-0.15, -0.1) is 33.2 Å². The summed E-state index contributed by atoms with van der Waals surface area (Å²) in [6, 6.07) is 0. The zero-order chi connectivity index (χ0) is 8.58. The van der Waals surface area contributed by atoms with Gasteiger partial charge in [-0.25, -0.2) is 0 Å².